The Hall–Kier alpha value is -4.76. The zero-order valence-corrected chi connectivity index (χ0v) is 24.3. The predicted octanol–water partition coefficient (Wildman–Crippen LogP) is 8.45. The summed E-state index contributed by atoms with van der Waals surface area (Å²) in [6.07, 6.45) is 15.2. The summed E-state index contributed by atoms with van der Waals surface area (Å²) in [5, 5.41) is 18.5. The minimum atomic E-state index is -0.445. The molecule has 7 rings (SSSR count). The highest BCUT2D eigenvalue weighted by atomic mass is 16.3. The monoisotopic (exact) mass is 548 g/mol. The Labute approximate surface area is 248 Å². The van der Waals surface area contributed by atoms with Crippen molar-refractivity contribution in [3.63, 3.8) is 0 Å². The summed E-state index contributed by atoms with van der Waals surface area (Å²) in [6.45, 7) is 6.73. The number of dihydropyridines is 2. The molecule has 3 heteroatoms. The third-order valence-corrected chi connectivity index (χ3v) is 8.95. The Morgan fingerprint density at radius 1 is 0.714 bits per heavy atom. The van der Waals surface area contributed by atoms with Gasteiger partial charge in [0, 0.05) is 11.3 Å². The van der Waals surface area contributed by atoms with E-state index in [1.165, 1.54) is 33.4 Å². The van der Waals surface area contributed by atoms with E-state index in [-0.39, 0.29) is 17.5 Å². The van der Waals surface area contributed by atoms with Crippen molar-refractivity contribution in [3.8, 4) is 28.0 Å². The molecule has 0 radical (unpaired) electrons. The van der Waals surface area contributed by atoms with Crippen molar-refractivity contribution >= 4 is 0 Å². The van der Waals surface area contributed by atoms with Crippen LogP contribution in [-0.4, -0.2) is 11.1 Å². The van der Waals surface area contributed by atoms with E-state index in [1.54, 1.807) is 6.07 Å². The van der Waals surface area contributed by atoms with Gasteiger partial charge in [0.25, 0.3) is 0 Å². The summed E-state index contributed by atoms with van der Waals surface area (Å²) >= 11 is 0. The van der Waals surface area contributed by atoms with Gasteiger partial charge in [-0.3, -0.25) is 0 Å². The number of allylic oxidation sites excluding steroid dienone is 4. The van der Waals surface area contributed by atoms with E-state index >= 15 is 0 Å². The molecule has 0 amide bonds. The predicted molar refractivity (Wildman–Crippen MR) is 173 cm³/mol. The van der Waals surface area contributed by atoms with Gasteiger partial charge in [0.2, 0.25) is 0 Å². The Bertz CT molecular complexity index is 1750. The molecule has 42 heavy (non-hydrogen) atoms. The van der Waals surface area contributed by atoms with Gasteiger partial charge in [-0.25, -0.2) is 0 Å². The van der Waals surface area contributed by atoms with Crippen molar-refractivity contribution in [2.75, 3.05) is 0 Å². The van der Waals surface area contributed by atoms with Crippen LogP contribution in [-0.2, 0) is 10.8 Å². The second kappa shape index (κ2) is 9.95. The smallest absolute Gasteiger partial charge is 0.123 e. The molecule has 2 aliphatic heterocycles. The van der Waals surface area contributed by atoms with Crippen molar-refractivity contribution < 1.29 is 5.11 Å². The number of benzene rings is 4. The Kier molecular flexibility index (Phi) is 6.20. The van der Waals surface area contributed by atoms with E-state index in [9.17, 15) is 5.11 Å². The number of hydrogen-bond donors (Lipinski definition) is 3. The fourth-order valence-electron chi connectivity index (χ4n) is 6.88. The molecule has 0 fully saturated rings. The Morgan fingerprint density at radius 3 is 2.02 bits per heavy atom. The lowest BCUT2D eigenvalue weighted by Crippen LogP contribution is -2.51. The van der Waals surface area contributed by atoms with Crippen LogP contribution in [0.25, 0.3) is 22.3 Å². The van der Waals surface area contributed by atoms with Crippen molar-refractivity contribution in [1.82, 2.24) is 10.6 Å². The number of aromatic hydroxyl groups is 1. The standard InChI is InChI=1S/C39H36N2O/c1-38(2,3)28-24-26(29-13-6-9-19-35(29)42)23-27(25-28)34-18-12-21-37(41-34)39(36-20-10-11-22-40-36)32-16-7-4-14-30(32)31-15-5-8-17-33(31)39/h4-25,34,36,40-42H,1-3H3. The number of rotatable bonds is 4. The molecule has 0 saturated heterocycles. The maximum absolute atomic E-state index is 10.8. The molecular weight excluding hydrogens is 512 g/mol. The van der Waals surface area contributed by atoms with E-state index in [2.05, 4.69) is 141 Å². The maximum atomic E-state index is 10.8. The molecule has 0 saturated carbocycles. The number of hydrogen-bond acceptors (Lipinski definition) is 3. The molecule has 2 unspecified atom stereocenters. The van der Waals surface area contributed by atoms with Crippen LogP contribution in [0.5, 0.6) is 5.75 Å². The minimum Gasteiger partial charge on any atom is -0.507 e. The molecule has 3 nitrogen and oxygen atoms in total. The lowest BCUT2D eigenvalue weighted by atomic mass is 9.68. The normalized spacial score (nSPS) is 19.8. The van der Waals surface area contributed by atoms with E-state index in [4.69, 9.17) is 0 Å². The van der Waals surface area contributed by atoms with Crippen LogP contribution < -0.4 is 10.6 Å². The summed E-state index contributed by atoms with van der Waals surface area (Å²) in [5.74, 6) is 0.295. The molecule has 2 heterocycles. The number of fused-ring (bicyclic) bond motifs is 3. The average Bonchev–Trinajstić information content (AvgIpc) is 3.32. The highest BCUT2D eigenvalue weighted by molar-refractivity contribution is 5.84. The summed E-state index contributed by atoms with van der Waals surface area (Å²) < 4.78 is 0. The first-order chi connectivity index (χ1) is 20.4. The highest BCUT2D eigenvalue weighted by Crippen LogP contribution is 2.55. The van der Waals surface area contributed by atoms with Gasteiger partial charge in [0.15, 0.2) is 0 Å². The molecule has 4 aromatic rings. The van der Waals surface area contributed by atoms with Gasteiger partial charge in [-0.1, -0.05) is 124 Å². The summed E-state index contributed by atoms with van der Waals surface area (Å²) in [4.78, 5) is 0. The number of nitrogens with one attached hydrogen (secondary N) is 2. The van der Waals surface area contributed by atoms with Gasteiger partial charge in [-0.05, 0) is 74.8 Å². The number of phenolic OH excluding ortho intramolecular Hbond substituents is 1. The molecule has 0 bridgehead atoms. The van der Waals surface area contributed by atoms with Crippen LogP contribution in [0.15, 0.2) is 139 Å². The third kappa shape index (κ3) is 4.11. The lowest BCUT2D eigenvalue weighted by molar-refractivity contribution is 0.450. The Balaban J connectivity index is 1.38. The molecule has 3 aliphatic rings. The van der Waals surface area contributed by atoms with Gasteiger partial charge in [-0.15, -0.1) is 0 Å². The fourth-order valence-corrected chi connectivity index (χ4v) is 6.88. The van der Waals surface area contributed by atoms with E-state index in [1.807, 2.05) is 18.2 Å². The second-order valence-corrected chi connectivity index (χ2v) is 12.5. The largest absolute Gasteiger partial charge is 0.507 e. The van der Waals surface area contributed by atoms with Crippen LogP contribution in [0.1, 0.15) is 49.1 Å². The topological polar surface area (TPSA) is 44.3 Å². The SMILES string of the molecule is CC(C)(C)c1cc(-c2ccccc2O)cc(C2C=CC=C(C3(C4C=CC=CN4)c4ccccc4-c4ccccc43)N2)c1. The van der Waals surface area contributed by atoms with Crippen molar-refractivity contribution in [1.29, 1.82) is 0 Å². The van der Waals surface area contributed by atoms with Crippen molar-refractivity contribution in [2.45, 2.75) is 43.7 Å². The molecular formula is C39H36N2O. The van der Waals surface area contributed by atoms with Gasteiger partial charge in [0.05, 0.1) is 17.5 Å². The molecule has 1 aliphatic carbocycles. The average molecular weight is 549 g/mol. The van der Waals surface area contributed by atoms with Crippen LogP contribution in [0.4, 0.5) is 0 Å². The zero-order valence-electron chi connectivity index (χ0n) is 24.3. The zero-order chi connectivity index (χ0) is 28.9. The quantitative estimate of drug-likeness (QED) is 0.240. The van der Waals surface area contributed by atoms with Crippen LogP contribution in [0.2, 0.25) is 0 Å². The molecule has 0 aromatic heterocycles. The first kappa shape index (κ1) is 26.2. The number of phenols is 1. The van der Waals surface area contributed by atoms with Crippen molar-refractivity contribution in [3.05, 3.63) is 162 Å². The Morgan fingerprint density at radius 2 is 1.38 bits per heavy atom. The first-order valence-electron chi connectivity index (χ1n) is 14.8. The molecule has 2 atom stereocenters. The molecule has 3 N–H and O–H groups in total. The van der Waals surface area contributed by atoms with E-state index in [0.29, 0.717) is 5.75 Å². The molecule has 0 spiro atoms. The summed E-state index contributed by atoms with van der Waals surface area (Å²) in [5.41, 5.74) is 10.1. The second-order valence-electron chi connectivity index (χ2n) is 12.5. The minimum absolute atomic E-state index is 0.0240. The van der Waals surface area contributed by atoms with Gasteiger partial charge in [-0.2, -0.15) is 0 Å². The van der Waals surface area contributed by atoms with Gasteiger partial charge >= 0.3 is 0 Å². The van der Waals surface area contributed by atoms with Crippen molar-refractivity contribution in [2.24, 2.45) is 0 Å². The van der Waals surface area contributed by atoms with E-state index in [0.717, 1.165) is 16.8 Å². The summed E-state index contributed by atoms with van der Waals surface area (Å²) in [7, 11) is 0. The number of para-hydroxylation sites is 1. The lowest BCUT2D eigenvalue weighted by Gasteiger charge is -2.43. The third-order valence-electron chi connectivity index (χ3n) is 8.95. The van der Waals surface area contributed by atoms with Crippen LogP contribution in [0, 0.1) is 0 Å². The molecule has 4 aromatic carbocycles. The molecule has 208 valence electrons. The van der Waals surface area contributed by atoms with Crippen LogP contribution in [0.3, 0.4) is 0 Å². The first-order valence-corrected chi connectivity index (χ1v) is 14.8. The van der Waals surface area contributed by atoms with E-state index < -0.39 is 5.41 Å². The van der Waals surface area contributed by atoms with Gasteiger partial charge in [0.1, 0.15) is 5.75 Å². The van der Waals surface area contributed by atoms with Gasteiger partial charge < -0.3 is 15.7 Å². The maximum Gasteiger partial charge on any atom is 0.123 e. The fraction of sp³-hybridized carbons (Fsp3) is 0.179. The summed E-state index contributed by atoms with van der Waals surface area (Å²) in [6, 6.07) is 32.0. The highest BCUT2D eigenvalue weighted by Gasteiger charge is 2.51. The van der Waals surface area contributed by atoms with Crippen LogP contribution >= 0.6 is 0 Å².